The highest BCUT2D eigenvalue weighted by Crippen LogP contribution is 2.37. The first kappa shape index (κ1) is 14.6. The molecule has 0 bridgehead atoms. The highest BCUT2D eigenvalue weighted by molar-refractivity contribution is 6.31. The Morgan fingerprint density at radius 1 is 1.42 bits per heavy atom. The Morgan fingerprint density at radius 3 is 2.63 bits per heavy atom. The summed E-state index contributed by atoms with van der Waals surface area (Å²) >= 11 is 6.06. The summed E-state index contributed by atoms with van der Waals surface area (Å²) in [5.74, 6) is 0.981. The number of nitrogens with zero attached hydrogens (tertiary/aromatic N) is 2. The van der Waals surface area contributed by atoms with Crippen molar-refractivity contribution in [3.8, 4) is 0 Å². The summed E-state index contributed by atoms with van der Waals surface area (Å²) in [6.45, 7) is 5.17. The minimum Gasteiger partial charge on any atom is -0.357 e. The molecule has 0 radical (unpaired) electrons. The minimum absolute atomic E-state index is 0.458. The molecule has 19 heavy (non-hydrogen) atoms. The third-order valence-corrected chi connectivity index (χ3v) is 4.70. The standard InChI is InChI=1S/C15H24ClN3/c1-15(2)6-4-12(5-7-15)19(3)14-8-11(9-17)13(16)10-18-14/h8,10,12H,4-7,9,17H2,1-3H3. The van der Waals surface area contributed by atoms with E-state index in [4.69, 9.17) is 17.3 Å². The molecule has 2 rings (SSSR count). The summed E-state index contributed by atoms with van der Waals surface area (Å²) in [7, 11) is 2.12. The smallest absolute Gasteiger partial charge is 0.128 e. The molecule has 0 atom stereocenters. The quantitative estimate of drug-likeness (QED) is 0.920. The van der Waals surface area contributed by atoms with Gasteiger partial charge >= 0.3 is 0 Å². The molecule has 1 aromatic rings. The van der Waals surface area contributed by atoms with Crippen LogP contribution in [0, 0.1) is 5.41 Å². The average Bonchev–Trinajstić information content (AvgIpc) is 2.38. The molecule has 0 unspecified atom stereocenters. The van der Waals surface area contributed by atoms with Gasteiger partial charge in [0.05, 0.1) is 5.02 Å². The largest absolute Gasteiger partial charge is 0.357 e. The number of nitrogens with two attached hydrogens (primary N) is 1. The maximum Gasteiger partial charge on any atom is 0.128 e. The Hall–Kier alpha value is -0.800. The van der Waals surface area contributed by atoms with Crippen LogP contribution in [0.25, 0.3) is 0 Å². The van der Waals surface area contributed by atoms with Crippen molar-refractivity contribution in [1.82, 2.24) is 4.98 Å². The molecule has 0 aromatic carbocycles. The van der Waals surface area contributed by atoms with Crippen LogP contribution in [-0.2, 0) is 6.54 Å². The van der Waals surface area contributed by atoms with E-state index in [0.717, 1.165) is 11.4 Å². The fraction of sp³-hybridized carbons (Fsp3) is 0.667. The number of pyridine rings is 1. The van der Waals surface area contributed by atoms with Gasteiger partial charge in [0.2, 0.25) is 0 Å². The van der Waals surface area contributed by atoms with Gasteiger partial charge in [0.1, 0.15) is 5.82 Å². The first-order valence-corrected chi connectivity index (χ1v) is 7.38. The maximum atomic E-state index is 6.06. The van der Waals surface area contributed by atoms with Crippen LogP contribution >= 0.6 is 11.6 Å². The summed E-state index contributed by atoms with van der Waals surface area (Å²) in [5, 5.41) is 0.657. The first-order chi connectivity index (χ1) is 8.93. The Balaban J connectivity index is 2.10. The number of rotatable bonds is 3. The van der Waals surface area contributed by atoms with E-state index in [1.54, 1.807) is 6.20 Å². The molecule has 1 saturated carbocycles. The Bertz CT molecular complexity index is 435. The van der Waals surface area contributed by atoms with E-state index >= 15 is 0 Å². The highest BCUT2D eigenvalue weighted by atomic mass is 35.5. The lowest BCUT2D eigenvalue weighted by molar-refractivity contribution is 0.222. The lowest BCUT2D eigenvalue weighted by atomic mass is 9.75. The number of anilines is 1. The van der Waals surface area contributed by atoms with Gasteiger partial charge in [-0.2, -0.15) is 0 Å². The van der Waals surface area contributed by atoms with Crippen LogP contribution in [0.2, 0.25) is 5.02 Å². The SMILES string of the molecule is CN(c1cc(CN)c(Cl)cn1)C1CCC(C)(C)CC1. The highest BCUT2D eigenvalue weighted by Gasteiger charge is 2.29. The second-order valence-electron chi connectivity index (χ2n) is 6.34. The molecule has 0 saturated heterocycles. The second-order valence-corrected chi connectivity index (χ2v) is 6.75. The van der Waals surface area contributed by atoms with E-state index in [1.807, 2.05) is 6.07 Å². The van der Waals surface area contributed by atoms with Gasteiger partial charge in [-0.1, -0.05) is 25.4 Å². The van der Waals surface area contributed by atoms with Gasteiger partial charge in [-0.3, -0.25) is 0 Å². The molecular formula is C15H24ClN3. The van der Waals surface area contributed by atoms with Crippen molar-refractivity contribution in [2.24, 2.45) is 11.1 Å². The summed E-state index contributed by atoms with van der Waals surface area (Å²) in [4.78, 5) is 6.72. The number of aromatic nitrogens is 1. The fourth-order valence-electron chi connectivity index (χ4n) is 2.78. The third-order valence-electron chi connectivity index (χ3n) is 4.36. The van der Waals surface area contributed by atoms with Crippen LogP contribution in [0.15, 0.2) is 12.3 Å². The molecule has 0 spiro atoms. The van der Waals surface area contributed by atoms with E-state index in [9.17, 15) is 0 Å². The normalized spacial score (nSPS) is 19.4. The van der Waals surface area contributed by atoms with E-state index in [1.165, 1.54) is 25.7 Å². The number of hydrogen-bond acceptors (Lipinski definition) is 3. The molecule has 1 aliphatic carbocycles. The van der Waals surface area contributed by atoms with E-state index in [2.05, 4.69) is 30.8 Å². The van der Waals surface area contributed by atoms with Crippen LogP contribution in [0.5, 0.6) is 0 Å². The summed E-state index contributed by atoms with van der Waals surface area (Å²) in [5.41, 5.74) is 7.16. The first-order valence-electron chi connectivity index (χ1n) is 7.00. The van der Waals surface area contributed by atoms with Crippen molar-refractivity contribution in [3.63, 3.8) is 0 Å². The van der Waals surface area contributed by atoms with Crippen molar-refractivity contribution in [3.05, 3.63) is 22.8 Å². The second kappa shape index (κ2) is 5.68. The van der Waals surface area contributed by atoms with Gasteiger partial charge in [0.15, 0.2) is 0 Å². The topological polar surface area (TPSA) is 42.1 Å². The van der Waals surface area contributed by atoms with Gasteiger partial charge in [-0.05, 0) is 42.7 Å². The average molecular weight is 282 g/mol. The molecule has 1 aromatic heterocycles. The Morgan fingerprint density at radius 2 is 2.05 bits per heavy atom. The molecule has 4 heteroatoms. The molecule has 2 N–H and O–H groups in total. The van der Waals surface area contributed by atoms with Crippen molar-refractivity contribution in [2.45, 2.75) is 52.1 Å². The predicted molar refractivity (Wildman–Crippen MR) is 81.6 cm³/mol. The monoisotopic (exact) mass is 281 g/mol. The van der Waals surface area contributed by atoms with E-state index in [-0.39, 0.29) is 0 Å². The van der Waals surface area contributed by atoms with Crippen molar-refractivity contribution >= 4 is 17.4 Å². The lowest BCUT2D eigenvalue weighted by Gasteiger charge is -2.39. The number of hydrogen-bond donors (Lipinski definition) is 1. The van der Waals surface area contributed by atoms with Crippen molar-refractivity contribution in [2.75, 3.05) is 11.9 Å². The molecule has 0 aliphatic heterocycles. The van der Waals surface area contributed by atoms with Crippen LogP contribution in [0.3, 0.4) is 0 Å². The van der Waals surface area contributed by atoms with Gasteiger partial charge in [-0.25, -0.2) is 4.98 Å². The zero-order valence-electron chi connectivity index (χ0n) is 12.1. The fourth-order valence-corrected chi connectivity index (χ4v) is 2.96. The molecule has 0 amide bonds. The van der Waals surface area contributed by atoms with E-state index < -0.39 is 0 Å². The predicted octanol–water partition coefficient (Wildman–Crippen LogP) is 3.60. The summed E-state index contributed by atoms with van der Waals surface area (Å²) in [6.07, 6.45) is 6.72. The van der Waals surface area contributed by atoms with Crippen LogP contribution < -0.4 is 10.6 Å². The zero-order chi connectivity index (χ0) is 14.0. The molecule has 1 heterocycles. The maximum absolute atomic E-state index is 6.06. The summed E-state index contributed by atoms with van der Waals surface area (Å²) in [6, 6.07) is 2.59. The Labute approximate surface area is 121 Å². The van der Waals surface area contributed by atoms with Crippen molar-refractivity contribution < 1.29 is 0 Å². The molecule has 3 nitrogen and oxygen atoms in total. The zero-order valence-corrected chi connectivity index (χ0v) is 12.9. The van der Waals surface area contributed by atoms with E-state index in [0.29, 0.717) is 23.0 Å². The van der Waals surface area contributed by atoms with Crippen LogP contribution in [0.4, 0.5) is 5.82 Å². The Kier molecular flexibility index (Phi) is 4.36. The third kappa shape index (κ3) is 3.40. The minimum atomic E-state index is 0.458. The van der Waals surface area contributed by atoms with Crippen LogP contribution in [0.1, 0.15) is 45.1 Å². The molecular weight excluding hydrogens is 258 g/mol. The van der Waals surface area contributed by atoms with Crippen molar-refractivity contribution in [1.29, 1.82) is 0 Å². The van der Waals surface area contributed by atoms with Gasteiger partial charge in [0.25, 0.3) is 0 Å². The summed E-state index contributed by atoms with van der Waals surface area (Å²) < 4.78 is 0. The van der Waals surface area contributed by atoms with Gasteiger partial charge in [0, 0.05) is 25.8 Å². The van der Waals surface area contributed by atoms with Crippen LogP contribution in [-0.4, -0.2) is 18.1 Å². The molecule has 106 valence electrons. The molecule has 1 aliphatic rings. The number of halogens is 1. The van der Waals surface area contributed by atoms with Gasteiger partial charge < -0.3 is 10.6 Å². The lowest BCUT2D eigenvalue weighted by Crippen LogP contribution is -2.37. The van der Waals surface area contributed by atoms with Gasteiger partial charge in [-0.15, -0.1) is 0 Å². The molecule has 1 fully saturated rings.